The minimum Gasteiger partial charge on any atom is -0.791 e. The Bertz CT molecular complexity index is 80.1. The largest absolute Gasteiger partial charge is 2.00 e. The van der Waals surface area contributed by atoms with E-state index >= 15 is 0 Å². The van der Waals surface area contributed by atoms with Gasteiger partial charge in [-0.2, -0.15) is 0 Å². The third-order valence-electron chi connectivity index (χ3n) is 0.129. The molecule has 0 saturated carbocycles. The Labute approximate surface area is 88.8 Å². The Balaban J connectivity index is -0.000000125. The summed E-state index contributed by atoms with van der Waals surface area (Å²) in [7, 11) is -0.951. The van der Waals surface area contributed by atoms with Crippen LogP contribution in [0.3, 0.4) is 0 Å². The van der Waals surface area contributed by atoms with Crippen LogP contribution in [-0.4, -0.2) is 63.1 Å². The number of phosphoric acid groups is 1. The molecule has 0 aromatic carbocycles. The average Bonchev–Trinajstić information content (AvgIpc) is 1.35. The molecule has 8 heteroatoms. The number of hydrogen-bond donors (Lipinski definition) is 0. The molecule has 0 aliphatic carbocycles. The van der Waals surface area contributed by atoms with Crippen LogP contribution in [0.25, 0.3) is 0 Å². The van der Waals surface area contributed by atoms with E-state index in [1.165, 1.54) is 0 Å². The Morgan fingerprint density at radius 2 is 1.62 bits per heavy atom. The predicted octanol–water partition coefficient (Wildman–Crippen LogP) is -3.65. The minimum atomic E-state index is -4.87. The van der Waals surface area contributed by atoms with E-state index in [2.05, 4.69) is 12.5 Å². The zero-order valence-electron chi connectivity index (χ0n) is 3.36. The molecule has 0 atom stereocenters. The van der Waals surface area contributed by atoms with Gasteiger partial charge >= 0.3 is 37.7 Å². The molecule has 0 spiro atoms. The van der Waals surface area contributed by atoms with Gasteiger partial charge in [0.05, 0.1) is 0 Å². The summed E-state index contributed by atoms with van der Waals surface area (Å²) in [6, 6.07) is 0. The van der Waals surface area contributed by atoms with Crippen LogP contribution < -0.4 is 9.79 Å². The normalized spacial score (nSPS) is 8.75. The molecular formula is H3AlBCaO4P. The van der Waals surface area contributed by atoms with E-state index in [1.807, 2.05) is 0 Å². The van der Waals surface area contributed by atoms with Gasteiger partial charge in [0, 0.05) is 7.82 Å². The zero-order chi connectivity index (χ0) is 5.21. The molecule has 0 rings (SSSR count). The van der Waals surface area contributed by atoms with Gasteiger partial charge in [-0.05, 0) is 0 Å². The first-order valence-electron chi connectivity index (χ1n) is 0.966. The van der Waals surface area contributed by atoms with Gasteiger partial charge in [0.15, 0.2) is 17.4 Å². The van der Waals surface area contributed by atoms with Gasteiger partial charge in [0.2, 0.25) is 0 Å². The molecule has 8 heavy (non-hydrogen) atoms. The van der Waals surface area contributed by atoms with E-state index in [9.17, 15) is 0 Å². The fourth-order valence-corrected chi connectivity index (χ4v) is 0. The standard InChI is InChI=1S/Al.BH2O4P.Ca.3H/c;1-5-6(2,3)4;;;;/h;(H2,2,3,4);;;;/q;;+2;;;/p-2. The maximum atomic E-state index is 9.12. The predicted molar refractivity (Wildman–Crippen MR) is 30.1 cm³/mol. The summed E-state index contributed by atoms with van der Waals surface area (Å²) in [5.74, 6) is 0. The third-order valence-corrected chi connectivity index (χ3v) is 0.387. The van der Waals surface area contributed by atoms with Crippen molar-refractivity contribution in [3.8, 4) is 0 Å². The zero-order valence-corrected chi connectivity index (χ0v) is 6.47. The topological polar surface area (TPSA) is 72.4 Å². The molecule has 0 aliphatic heterocycles. The summed E-state index contributed by atoms with van der Waals surface area (Å²) in [6.07, 6.45) is 0. The summed E-state index contributed by atoms with van der Waals surface area (Å²) in [5, 5.41) is 0. The number of hydrogen-bond acceptors (Lipinski definition) is 4. The smallest absolute Gasteiger partial charge is 0.791 e. The van der Waals surface area contributed by atoms with Crippen molar-refractivity contribution in [3.05, 3.63) is 0 Å². The first-order valence-corrected chi connectivity index (χ1v) is 2.43. The van der Waals surface area contributed by atoms with Crippen molar-refractivity contribution in [2.24, 2.45) is 0 Å². The first kappa shape index (κ1) is 16.5. The van der Waals surface area contributed by atoms with Gasteiger partial charge in [-0.25, -0.2) is 0 Å². The van der Waals surface area contributed by atoms with Crippen LogP contribution in [0.2, 0.25) is 0 Å². The van der Waals surface area contributed by atoms with Crippen molar-refractivity contribution in [2.45, 2.75) is 0 Å². The first-order chi connectivity index (χ1) is 2.56. The fourth-order valence-electron chi connectivity index (χ4n) is 0. The van der Waals surface area contributed by atoms with Gasteiger partial charge < -0.3 is 18.8 Å². The van der Waals surface area contributed by atoms with E-state index in [0.717, 1.165) is 0 Å². The molecule has 0 aliphatic rings. The van der Waals surface area contributed by atoms with Crippen LogP contribution in [0.5, 0.6) is 0 Å². The van der Waals surface area contributed by atoms with Crippen molar-refractivity contribution in [1.29, 1.82) is 0 Å². The summed E-state index contributed by atoms with van der Waals surface area (Å²) in [6.45, 7) is 0. The monoisotopic (exact) mass is 176 g/mol. The quantitative estimate of drug-likeness (QED) is 0.305. The van der Waals surface area contributed by atoms with Crippen molar-refractivity contribution >= 4 is 71.0 Å². The molecule has 0 unspecified atom stereocenters. The van der Waals surface area contributed by atoms with Gasteiger partial charge in [0.1, 0.15) is 0 Å². The van der Waals surface area contributed by atoms with Crippen LogP contribution in [0.1, 0.15) is 0 Å². The molecule has 0 bridgehead atoms. The molecule has 0 aromatic heterocycles. The van der Waals surface area contributed by atoms with Gasteiger partial charge in [-0.15, -0.1) is 0 Å². The van der Waals surface area contributed by atoms with Crippen molar-refractivity contribution in [1.82, 2.24) is 0 Å². The maximum Gasteiger partial charge on any atom is 2.00 e. The van der Waals surface area contributed by atoms with Crippen molar-refractivity contribution in [2.75, 3.05) is 0 Å². The molecule has 0 amide bonds. The summed E-state index contributed by atoms with van der Waals surface area (Å²) in [5.41, 5.74) is 0. The van der Waals surface area contributed by atoms with E-state index in [-0.39, 0.29) is 55.1 Å². The second kappa shape index (κ2) is 7.08. The molecule has 40 valence electrons. The van der Waals surface area contributed by atoms with Gasteiger partial charge in [-0.1, -0.05) is 0 Å². The summed E-state index contributed by atoms with van der Waals surface area (Å²) >= 11 is 0. The Hall–Kier alpha value is 1.97. The van der Waals surface area contributed by atoms with Crippen LogP contribution in [0, 0.1) is 0 Å². The minimum absolute atomic E-state index is 0. The van der Waals surface area contributed by atoms with Crippen LogP contribution in [-0.2, 0) is 9.01 Å². The van der Waals surface area contributed by atoms with Crippen molar-refractivity contribution in [3.63, 3.8) is 0 Å². The molecule has 4 nitrogen and oxygen atoms in total. The third kappa shape index (κ3) is 15.7. The molecule has 2 radical (unpaired) electrons. The maximum absolute atomic E-state index is 9.12. The van der Waals surface area contributed by atoms with E-state index in [1.54, 1.807) is 0 Å². The second-order valence-electron chi connectivity index (χ2n) is 0.553. The van der Waals surface area contributed by atoms with Gasteiger partial charge in [-0.3, -0.25) is 0 Å². The summed E-state index contributed by atoms with van der Waals surface area (Å²) in [4.78, 5) is 18.2. The Morgan fingerprint density at radius 1 is 1.50 bits per heavy atom. The number of rotatable bonds is 1. The molecule has 0 saturated heterocycles. The molecular weight excluding hydrogens is 173 g/mol. The van der Waals surface area contributed by atoms with Crippen LogP contribution in [0.4, 0.5) is 0 Å². The molecule has 0 N–H and O–H groups in total. The average molecular weight is 176 g/mol. The Kier molecular flexibility index (Phi) is 14.6. The SMILES string of the molecule is [AlH3].[B]OP(=O)([O-])[O-].[Ca+2]. The van der Waals surface area contributed by atoms with E-state index in [0.29, 0.717) is 0 Å². The molecule has 0 aromatic rings. The van der Waals surface area contributed by atoms with Crippen LogP contribution >= 0.6 is 7.82 Å². The van der Waals surface area contributed by atoms with E-state index < -0.39 is 7.82 Å². The van der Waals surface area contributed by atoms with Crippen molar-refractivity contribution < 1.29 is 18.8 Å². The second-order valence-corrected chi connectivity index (χ2v) is 1.66. The van der Waals surface area contributed by atoms with E-state index in [4.69, 9.17) is 14.4 Å². The fraction of sp³-hybridized carbons (Fsp3) is 0. The molecule has 0 fully saturated rings. The van der Waals surface area contributed by atoms with Gasteiger partial charge in [0.25, 0.3) is 8.05 Å². The molecule has 0 heterocycles. The summed E-state index contributed by atoms with van der Waals surface area (Å²) < 4.78 is 12.0. The Morgan fingerprint density at radius 3 is 1.62 bits per heavy atom. The van der Waals surface area contributed by atoms with Crippen LogP contribution in [0.15, 0.2) is 0 Å².